The van der Waals surface area contributed by atoms with Gasteiger partial charge in [-0.3, -0.25) is 9.59 Å². The molecule has 0 bridgehead atoms. The predicted octanol–water partition coefficient (Wildman–Crippen LogP) is 2.02. The van der Waals surface area contributed by atoms with Gasteiger partial charge in [-0.2, -0.15) is 0 Å². The molecule has 92 valence electrons. The Morgan fingerprint density at radius 2 is 2.00 bits per heavy atom. The lowest BCUT2D eigenvalue weighted by atomic mass is 10.4. The number of carbonyl (C=O) groups excluding carboxylic acids is 1. The molecule has 0 saturated heterocycles. The number of carbonyl (C=O) groups is 2. The number of carboxylic acid groups (broad SMARTS) is 1. The van der Waals surface area contributed by atoms with E-state index >= 15 is 0 Å². The number of aliphatic carboxylic acids is 1. The van der Waals surface area contributed by atoms with Crippen LogP contribution in [0.25, 0.3) is 0 Å². The second-order valence-corrected chi connectivity index (χ2v) is 5.18. The van der Waals surface area contributed by atoms with E-state index in [1.807, 2.05) is 12.1 Å². The van der Waals surface area contributed by atoms with Crippen LogP contribution in [0.15, 0.2) is 29.2 Å². The lowest BCUT2D eigenvalue weighted by Crippen LogP contribution is -2.34. The van der Waals surface area contributed by atoms with Crippen LogP contribution in [0.1, 0.15) is 6.92 Å². The first kappa shape index (κ1) is 13.9. The molecule has 0 aromatic heterocycles. The van der Waals surface area contributed by atoms with E-state index in [-0.39, 0.29) is 17.7 Å². The van der Waals surface area contributed by atoms with Crippen molar-refractivity contribution in [2.45, 2.75) is 17.1 Å². The topological polar surface area (TPSA) is 66.4 Å². The summed E-state index contributed by atoms with van der Waals surface area (Å²) >= 11 is 7.09. The molecule has 1 rings (SSSR count). The zero-order valence-corrected chi connectivity index (χ0v) is 10.7. The van der Waals surface area contributed by atoms with Crippen LogP contribution in [0.5, 0.6) is 0 Å². The summed E-state index contributed by atoms with van der Waals surface area (Å²) < 4.78 is 0. The fraction of sp³-hybridized carbons (Fsp3) is 0.273. The van der Waals surface area contributed by atoms with E-state index in [0.29, 0.717) is 5.02 Å². The summed E-state index contributed by atoms with van der Waals surface area (Å²) in [4.78, 5) is 22.7. The molecule has 1 aromatic rings. The van der Waals surface area contributed by atoms with Gasteiger partial charge in [0, 0.05) is 9.92 Å². The van der Waals surface area contributed by atoms with Crippen LogP contribution >= 0.6 is 23.4 Å². The van der Waals surface area contributed by atoms with Crippen molar-refractivity contribution in [3.63, 3.8) is 0 Å². The summed E-state index contributed by atoms with van der Waals surface area (Å²) in [7, 11) is 0. The van der Waals surface area contributed by atoms with Gasteiger partial charge in [-0.1, -0.05) is 11.6 Å². The first-order valence-corrected chi connectivity index (χ1v) is 6.16. The third-order valence-corrected chi connectivity index (χ3v) is 3.27. The average Bonchev–Trinajstić information content (AvgIpc) is 2.28. The molecular weight excluding hydrogens is 262 g/mol. The summed E-state index contributed by atoms with van der Waals surface area (Å²) in [5.41, 5.74) is 0. The minimum atomic E-state index is -1.05. The second-order valence-electron chi connectivity index (χ2n) is 3.33. The molecule has 2 N–H and O–H groups in total. The number of rotatable bonds is 5. The van der Waals surface area contributed by atoms with Crippen molar-refractivity contribution in [2.24, 2.45) is 0 Å². The molecule has 0 saturated carbocycles. The predicted molar refractivity (Wildman–Crippen MR) is 67.4 cm³/mol. The van der Waals surface area contributed by atoms with Crippen molar-refractivity contribution in [1.82, 2.24) is 5.32 Å². The maximum atomic E-state index is 11.5. The monoisotopic (exact) mass is 273 g/mol. The van der Waals surface area contributed by atoms with Crippen LogP contribution in [-0.2, 0) is 9.59 Å². The highest BCUT2D eigenvalue weighted by atomic mass is 35.5. The summed E-state index contributed by atoms with van der Waals surface area (Å²) in [5, 5.41) is 11.0. The summed E-state index contributed by atoms with van der Waals surface area (Å²) in [5.74, 6) is -1.35. The number of benzene rings is 1. The van der Waals surface area contributed by atoms with Gasteiger partial charge in [0.25, 0.3) is 0 Å². The van der Waals surface area contributed by atoms with Crippen LogP contribution in [0, 0.1) is 0 Å². The molecular formula is C11H12ClNO3S. The molecule has 0 fully saturated rings. The second kappa shape index (κ2) is 6.51. The zero-order valence-electron chi connectivity index (χ0n) is 9.14. The highest BCUT2D eigenvalue weighted by Gasteiger charge is 2.14. The summed E-state index contributed by atoms with van der Waals surface area (Å²) in [6.45, 7) is 1.36. The van der Waals surface area contributed by atoms with Crippen molar-refractivity contribution in [1.29, 1.82) is 0 Å². The van der Waals surface area contributed by atoms with E-state index in [2.05, 4.69) is 5.32 Å². The number of carboxylic acids is 1. The van der Waals surface area contributed by atoms with Crippen LogP contribution in [-0.4, -0.2) is 28.8 Å². The maximum absolute atomic E-state index is 11.5. The van der Waals surface area contributed by atoms with Gasteiger partial charge < -0.3 is 10.4 Å². The van der Waals surface area contributed by atoms with E-state index in [0.717, 1.165) is 4.90 Å². The lowest BCUT2D eigenvalue weighted by Gasteiger charge is -2.10. The molecule has 0 radical (unpaired) electrons. The van der Waals surface area contributed by atoms with Crippen molar-refractivity contribution in [3.05, 3.63) is 29.3 Å². The van der Waals surface area contributed by atoms with Gasteiger partial charge >= 0.3 is 5.97 Å². The van der Waals surface area contributed by atoms with Crippen molar-refractivity contribution >= 4 is 35.2 Å². The van der Waals surface area contributed by atoms with E-state index in [1.165, 1.54) is 11.8 Å². The molecule has 0 heterocycles. The quantitative estimate of drug-likeness (QED) is 0.806. The number of hydrogen-bond donors (Lipinski definition) is 2. The number of amides is 1. The van der Waals surface area contributed by atoms with E-state index in [1.54, 1.807) is 19.1 Å². The van der Waals surface area contributed by atoms with Gasteiger partial charge in [-0.25, -0.2) is 0 Å². The Morgan fingerprint density at radius 1 is 1.41 bits per heavy atom. The third-order valence-electron chi connectivity index (χ3n) is 1.91. The van der Waals surface area contributed by atoms with E-state index in [4.69, 9.17) is 16.7 Å². The molecule has 1 atom stereocenters. The normalized spacial score (nSPS) is 11.9. The Morgan fingerprint density at radius 3 is 2.53 bits per heavy atom. The zero-order chi connectivity index (χ0) is 12.8. The molecule has 0 aliphatic heterocycles. The SMILES string of the molecule is CC(Sc1ccc(Cl)cc1)C(=O)NCC(=O)O. The fourth-order valence-electron chi connectivity index (χ4n) is 1.08. The van der Waals surface area contributed by atoms with E-state index < -0.39 is 5.97 Å². The number of nitrogens with one attached hydrogen (secondary N) is 1. The maximum Gasteiger partial charge on any atom is 0.322 e. The molecule has 0 aliphatic rings. The lowest BCUT2D eigenvalue weighted by molar-refractivity contribution is -0.137. The van der Waals surface area contributed by atoms with Gasteiger partial charge in [-0.05, 0) is 31.2 Å². The Kier molecular flexibility index (Phi) is 5.31. The smallest absolute Gasteiger partial charge is 0.322 e. The molecule has 6 heteroatoms. The minimum absolute atomic E-state index is 0.299. The van der Waals surface area contributed by atoms with Gasteiger partial charge in [0.1, 0.15) is 6.54 Å². The Bertz CT molecular complexity index is 408. The standard InChI is InChI=1S/C11H12ClNO3S/c1-7(11(16)13-6-10(14)15)17-9-4-2-8(12)3-5-9/h2-5,7H,6H2,1H3,(H,13,16)(H,14,15). The Hall–Kier alpha value is -1.20. The van der Waals surface area contributed by atoms with Crippen LogP contribution in [0.3, 0.4) is 0 Å². The van der Waals surface area contributed by atoms with Gasteiger partial charge in [0.2, 0.25) is 5.91 Å². The highest BCUT2D eigenvalue weighted by molar-refractivity contribution is 8.00. The number of thioether (sulfide) groups is 1. The molecule has 1 aromatic carbocycles. The first-order chi connectivity index (χ1) is 7.99. The largest absolute Gasteiger partial charge is 0.480 e. The Labute approximate surface area is 108 Å². The van der Waals surface area contributed by atoms with Gasteiger partial charge in [-0.15, -0.1) is 11.8 Å². The van der Waals surface area contributed by atoms with Crippen molar-refractivity contribution in [3.8, 4) is 0 Å². The van der Waals surface area contributed by atoms with Gasteiger partial charge in [0.05, 0.1) is 5.25 Å². The fourth-order valence-corrected chi connectivity index (χ4v) is 2.10. The summed E-state index contributed by atoms with van der Waals surface area (Å²) in [6.07, 6.45) is 0. The Balaban J connectivity index is 2.48. The molecule has 4 nitrogen and oxygen atoms in total. The summed E-state index contributed by atoms with van der Waals surface area (Å²) in [6, 6.07) is 7.11. The molecule has 1 unspecified atom stereocenters. The minimum Gasteiger partial charge on any atom is -0.480 e. The molecule has 1 amide bonds. The molecule has 0 spiro atoms. The average molecular weight is 274 g/mol. The first-order valence-electron chi connectivity index (χ1n) is 4.91. The number of hydrogen-bond acceptors (Lipinski definition) is 3. The molecule has 0 aliphatic carbocycles. The number of halogens is 1. The molecule has 17 heavy (non-hydrogen) atoms. The van der Waals surface area contributed by atoms with Crippen molar-refractivity contribution in [2.75, 3.05) is 6.54 Å². The highest BCUT2D eigenvalue weighted by Crippen LogP contribution is 2.24. The van der Waals surface area contributed by atoms with Crippen molar-refractivity contribution < 1.29 is 14.7 Å². The van der Waals surface area contributed by atoms with Crippen LogP contribution in [0.4, 0.5) is 0 Å². The van der Waals surface area contributed by atoms with E-state index in [9.17, 15) is 9.59 Å². The van der Waals surface area contributed by atoms with Crippen LogP contribution < -0.4 is 5.32 Å². The third kappa shape index (κ3) is 5.10. The van der Waals surface area contributed by atoms with Gasteiger partial charge in [0.15, 0.2) is 0 Å². The van der Waals surface area contributed by atoms with Crippen LogP contribution in [0.2, 0.25) is 5.02 Å².